The van der Waals surface area contributed by atoms with Gasteiger partial charge < -0.3 is 0 Å². The van der Waals surface area contributed by atoms with Crippen LogP contribution in [0.4, 0.5) is 0 Å². The van der Waals surface area contributed by atoms with Crippen LogP contribution in [-0.2, 0) is 0 Å². The molecule has 0 nitrogen and oxygen atoms in total. The van der Waals surface area contributed by atoms with Crippen molar-refractivity contribution in [2.45, 2.75) is 39.0 Å². The summed E-state index contributed by atoms with van der Waals surface area (Å²) >= 11 is 5.33. The van der Waals surface area contributed by atoms with E-state index in [1.54, 1.807) is 0 Å². The first-order valence-electron chi connectivity index (χ1n) is 4.33. The quantitative estimate of drug-likeness (QED) is 0.415. The maximum Gasteiger partial charge on any atom is 0.00423 e. The molecule has 0 saturated carbocycles. The Morgan fingerprint density at radius 1 is 1.09 bits per heavy atom. The van der Waals surface area contributed by atoms with Crippen LogP contribution in [0.2, 0.25) is 0 Å². The predicted molar refractivity (Wildman–Crippen MR) is 52.9 cm³/mol. The summed E-state index contributed by atoms with van der Waals surface area (Å²) in [7, 11) is 0. The summed E-state index contributed by atoms with van der Waals surface area (Å²) < 4.78 is 0. The Kier molecular flexibility index (Phi) is 9.57. The van der Waals surface area contributed by atoms with Gasteiger partial charge in [-0.05, 0) is 12.8 Å². The van der Waals surface area contributed by atoms with E-state index in [9.17, 15) is 0 Å². The molecule has 0 aromatic rings. The van der Waals surface area contributed by atoms with E-state index in [0.29, 0.717) is 0 Å². The lowest BCUT2D eigenvalue weighted by molar-refractivity contribution is 0.674. The van der Waals surface area contributed by atoms with E-state index >= 15 is 0 Å². The maximum absolute atomic E-state index is 5.33. The van der Waals surface area contributed by atoms with Crippen molar-refractivity contribution in [1.82, 2.24) is 0 Å². The van der Waals surface area contributed by atoms with Gasteiger partial charge >= 0.3 is 0 Å². The largest absolute Gasteiger partial charge is 0.0930 e. The van der Waals surface area contributed by atoms with E-state index in [1.807, 2.05) is 12.2 Å². The highest BCUT2D eigenvalue weighted by Crippen LogP contribution is 2.02. The summed E-state index contributed by atoms with van der Waals surface area (Å²) in [5.74, 6) is 0. The second-order valence-corrected chi connectivity index (χ2v) is 2.85. The van der Waals surface area contributed by atoms with Crippen LogP contribution in [0.5, 0.6) is 0 Å². The van der Waals surface area contributed by atoms with Crippen LogP contribution >= 0.6 is 11.6 Å². The fourth-order valence-corrected chi connectivity index (χ4v) is 0.990. The van der Waals surface area contributed by atoms with Gasteiger partial charge in [0.1, 0.15) is 0 Å². The van der Waals surface area contributed by atoms with Gasteiger partial charge in [-0.2, -0.15) is 0 Å². The van der Waals surface area contributed by atoms with Crippen molar-refractivity contribution in [3.63, 3.8) is 0 Å². The number of rotatable bonds is 6. The van der Waals surface area contributed by atoms with E-state index < -0.39 is 0 Å². The van der Waals surface area contributed by atoms with Crippen molar-refractivity contribution < 1.29 is 0 Å². The van der Waals surface area contributed by atoms with E-state index in [-0.39, 0.29) is 0 Å². The van der Waals surface area contributed by atoms with Gasteiger partial charge in [0.15, 0.2) is 0 Å². The lowest BCUT2D eigenvalue weighted by atomic mass is 10.1. The topological polar surface area (TPSA) is 0 Å². The van der Waals surface area contributed by atoms with Crippen LogP contribution in [0.1, 0.15) is 39.0 Å². The Bertz CT molecular complexity index is 114. The molecule has 0 atom stereocenters. The number of halogens is 1. The van der Waals surface area contributed by atoms with Crippen LogP contribution in [-0.4, -0.2) is 0 Å². The SMILES string of the molecule is CCCCCC/C=C/C=CCl. The van der Waals surface area contributed by atoms with Gasteiger partial charge in [0.2, 0.25) is 0 Å². The van der Waals surface area contributed by atoms with E-state index in [4.69, 9.17) is 11.6 Å². The monoisotopic (exact) mass is 172 g/mol. The van der Waals surface area contributed by atoms with Gasteiger partial charge in [-0.1, -0.05) is 56.0 Å². The van der Waals surface area contributed by atoms with Gasteiger partial charge in [0.25, 0.3) is 0 Å². The molecule has 0 radical (unpaired) electrons. The van der Waals surface area contributed by atoms with Crippen molar-refractivity contribution in [3.05, 3.63) is 23.8 Å². The van der Waals surface area contributed by atoms with Crippen molar-refractivity contribution in [2.75, 3.05) is 0 Å². The smallest absolute Gasteiger partial charge is 0.00423 e. The van der Waals surface area contributed by atoms with Crippen LogP contribution in [0, 0.1) is 0 Å². The molecule has 0 bridgehead atoms. The molecule has 0 aliphatic rings. The van der Waals surface area contributed by atoms with Crippen LogP contribution in [0.3, 0.4) is 0 Å². The summed E-state index contributed by atoms with van der Waals surface area (Å²) in [6.07, 6.45) is 12.5. The summed E-state index contributed by atoms with van der Waals surface area (Å²) in [4.78, 5) is 0. The van der Waals surface area contributed by atoms with Crippen molar-refractivity contribution in [2.24, 2.45) is 0 Å². The third kappa shape index (κ3) is 9.77. The number of hydrogen-bond donors (Lipinski definition) is 0. The summed E-state index contributed by atoms with van der Waals surface area (Å²) in [5, 5.41) is 0. The molecule has 0 aromatic heterocycles. The lowest BCUT2D eigenvalue weighted by Gasteiger charge is -1.92. The molecule has 0 N–H and O–H groups in total. The van der Waals surface area contributed by atoms with Crippen molar-refractivity contribution >= 4 is 11.6 Å². The first-order chi connectivity index (χ1) is 5.41. The molecule has 0 aliphatic carbocycles. The third-order valence-corrected chi connectivity index (χ3v) is 1.69. The molecule has 0 spiro atoms. The van der Waals surface area contributed by atoms with Crippen LogP contribution < -0.4 is 0 Å². The Balaban J connectivity index is 3.01. The number of unbranched alkanes of at least 4 members (excludes halogenated alkanes) is 4. The highest BCUT2D eigenvalue weighted by Gasteiger charge is 1.82. The molecular weight excluding hydrogens is 156 g/mol. The average molecular weight is 173 g/mol. The molecule has 0 rings (SSSR count). The molecule has 0 unspecified atom stereocenters. The summed E-state index contributed by atoms with van der Waals surface area (Å²) in [6, 6.07) is 0. The average Bonchev–Trinajstić information content (AvgIpc) is 2.03. The fraction of sp³-hybridized carbons (Fsp3) is 0.600. The molecule has 0 aromatic carbocycles. The molecule has 0 fully saturated rings. The maximum atomic E-state index is 5.33. The van der Waals surface area contributed by atoms with Gasteiger partial charge in [0, 0.05) is 5.54 Å². The molecule has 0 saturated heterocycles. The van der Waals surface area contributed by atoms with Gasteiger partial charge in [-0.25, -0.2) is 0 Å². The standard InChI is InChI=1S/C10H17Cl/c1-2-3-4-5-6-7-8-9-10-11/h7-10H,2-6H2,1H3/b8-7+,10-9?. The molecular formula is C10H17Cl. The molecule has 0 heterocycles. The zero-order valence-corrected chi connectivity index (χ0v) is 7.98. The predicted octanol–water partition coefficient (Wildman–Crippen LogP) is 4.27. The first kappa shape index (κ1) is 10.8. The Hall–Kier alpha value is -0.230. The molecule has 0 amide bonds. The van der Waals surface area contributed by atoms with E-state index in [1.165, 1.54) is 37.6 Å². The Morgan fingerprint density at radius 2 is 1.91 bits per heavy atom. The fourth-order valence-electron chi connectivity index (χ4n) is 0.906. The zero-order valence-electron chi connectivity index (χ0n) is 7.22. The molecule has 11 heavy (non-hydrogen) atoms. The zero-order chi connectivity index (χ0) is 8.36. The number of hydrogen-bond acceptors (Lipinski definition) is 0. The first-order valence-corrected chi connectivity index (χ1v) is 4.77. The van der Waals surface area contributed by atoms with Crippen LogP contribution in [0.15, 0.2) is 23.8 Å². The van der Waals surface area contributed by atoms with Crippen molar-refractivity contribution in [3.8, 4) is 0 Å². The van der Waals surface area contributed by atoms with Gasteiger partial charge in [-0.3, -0.25) is 0 Å². The Morgan fingerprint density at radius 3 is 2.55 bits per heavy atom. The normalized spacial score (nSPS) is 11.8. The summed E-state index contributed by atoms with van der Waals surface area (Å²) in [6.45, 7) is 2.23. The van der Waals surface area contributed by atoms with Gasteiger partial charge in [-0.15, -0.1) is 0 Å². The highest BCUT2D eigenvalue weighted by atomic mass is 35.5. The van der Waals surface area contributed by atoms with Crippen LogP contribution in [0.25, 0.3) is 0 Å². The van der Waals surface area contributed by atoms with E-state index in [2.05, 4.69) is 13.0 Å². The third-order valence-electron chi connectivity index (χ3n) is 1.54. The minimum Gasteiger partial charge on any atom is -0.0930 e. The lowest BCUT2D eigenvalue weighted by Crippen LogP contribution is -1.72. The summed E-state index contributed by atoms with van der Waals surface area (Å²) in [5.41, 5.74) is 1.53. The highest BCUT2D eigenvalue weighted by molar-refractivity contribution is 6.25. The molecule has 1 heteroatoms. The number of allylic oxidation sites excluding steroid dienone is 3. The molecule has 0 aliphatic heterocycles. The molecule has 64 valence electrons. The van der Waals surface area contributed by atoms with E-state index in [0.717, 1.165) is 0 Å². The minimum atomic E-state index is 1.18. The van der Waals surface area contributed by atoms with Gasteiger partial charge in [0.05, 0.1) is 0 Å². The Labute approximate surface area is 74.9 Å². The van der Waals surface area contributed by atoms with Crippen molar-refractivity contribution in [1.29, 1.82) is 0 Å². The minimum absolute atomic E-state index is 1.18. The second-order valence-electron chi connectivity index (χ2n) is 2.60. The second kappa shape index (κ2) is 9.77.